The van der Waals surface area contributed by atoms with Crippen LogP contribution in [-0.4, -0.2) is 40.5 Å². The predicted molar refractivity (Wildman–Crippen MR) is 71.6 cm³/mol. The van der Waals surface area contributed by atoms with Gasteiger partial charge < -0.3 is 10.0 Å². The Morgan fingerprint density at radius 1 is 1.37 bits per heavy atom. The normalized spacial score (nSPS) is 11.1. The molecule has 1 N–H and O–H groups in total. The summed E-state index contributed by atoms with van der Waals surface area (Å²) >= 11 is 0. The van der Waals surface area contributed by atoms with E-state index in [1.165, 1.54) is 0 Å². The number of carbonyl (C=O) groups excluding carboxylic acids is 1. The fourth-order valence-electron chi connectivity index (χ4n) is 1.90. The molecular weight excluding hydrogens is 244 g/mol. The first-order valence-corrected chi connectivity index (χ1v) is 6.20. The number of carbonyl (C=O) groups is 2. The van der Waals surface area contributed by atoms with Crippen molar-refractivity contribution in [1.29, 1.82) is 0 Å². The molecule has 0 saturated heterocycles. The summed E-state index contributed by atoms with van der Waals surface area (Å²) in [6.07, 6.45) is 2.21. The van der Waals surface area contributed by atoms with E-state index in [0.717, 1.165) is 5.69 Å². The molecule has 1 amide bonds. The molecule has 1 aromatic heterocycles. The smallest absolute Gasteiger partial charge is 0.304 e. The summed E-state index contributed by atoms with van der Waals surface area (Å²) in [5, 5.41) is 8.81. The molecule has 0 aliphatic rings. The Labute approximate surface area is 113 Å². The first-order valence-electron chi connectivity index (χ1n) is 6.20. The molecule has 0 aliphatic heterocycles. The predicted octanol–water partition coefficient (Wildman–Crippen LogP) is 1.58. The van der Waals surface area contributed by atoms with Crippen LogP contribution in [0.3, 0.4) is 0 Å². The zero-order valence-corrected chi connectivity index (χ0v) is 11.6. The summed E-state index contributed by atoms with van der Waals surface area (Å²) in [5.74, 6) is -1.12. The molecule has 0 aliphatic carbocycles. The van der Waals surface area contributed by atoms with Crippen molar-refractivity contribution >= 4 is 11.9 Å². The molecule has 1 aromatic rings. The van der Waals surface area contributed by atoms with E-state index >= 15 is 0 Å². The third kappa shape index (κ3) is 4.69. The van der Waals surface area contributed by atoms with Crippen molar-refractivity contribution in [3.05, 3.63) is 30.1 Å². The van der Waals surface area contributed by atoms with Crippen molar-refractivity contribution in [3.63, 3.8) is 0 Å². The summed E-state index contributed by atoms with van der Waals surface area (Å²) in [5.41, 5.74) is 0.0308. The molecule has 0 unspecified atom stereocenters. The molecule has 0 spiro atoms. The van der Waals surface area contributed by atoms with Crippen LogP contribution >= 0.6 is 0 Å². The van der Waals surface area contributed by atoms with Crippen molar-refractivity contribution in [1.82, 2.24) is 9.88 Å². The standard InChI is InChI=1S/C14H20N2O3/c1-14(2,10-12(17)18)13(19)16(3)9-7-11-6-4-5-8-15-11/h4-6,8H,7,9-10H2,1-3H3,(H,17,18). The minimum absolute atomic E-state index is 0.161. The maximum absolute atomic E-state index is 12.2. The van der Waals surface area contributed by atoms with Crippen LogP contribution in [0.1, 0.15) is 26.0 Å². The first-order chi connectivity index (χ1) is 8.83. The Balaban J connectivity index is 2.55. The van der Waals surface area contributed by atoms with E-state index < -0.39 is 11.4 Å². The van der Waals surface area contributed by atoms with Crippen LogP contribution in [0.4, 0.5) is 0 Å². The second-order valence-electron chi connectivity index (χ2n) is 5.25. The average Bonchev–Trinajstić information content (AvgIpc) is 2.34. The quantitative estimate of drug-likeness (QED) is 0.847. The molecule has 0 saturated carbocycles. The number of hydrogen-bond donors (Lipinski definition) is 1. The van der Waals surface area contributed by atoms with Gasteiger partial charge >= 0.3 is 5.97 Å². The third-order valence-electron chi connectivity index (χ3n) is 2.95. The van der Waals surface area contributed by atoms with Crippen molar-refractivity contribution in [3.8, 4) is 0 Å². The van der Waals surface area contributed by atoms with Gasteiger partial charge in [-0.15, -0.1) is 0 Å². The highest BCUT2D eigenvalue weighted by molar-refractivity contribution is 5.86. The van der Waals surface area contributed by atoms with E-state index in [4.69, 9.17) is 5.11 Å². The van der Waals surface area contributed by atoms with E-state index in [0.29, 0.717) is 13.0 Å². The van der Waals surface area contributed by atoms with Gasteiger partial charge in [0.15, 0.2) is 0 Å². The average molecular weight is 264 g/mol. The molecule has 104 valence electrons. The fourth-order valence-corrected chi connectivity index (χ4v) is 1.90. The van der Waals surface area contributed by atoms with Crippen LogP contribution in [0, 0.1) is 5.41 Å². The van der Waals surface area contributed by atoms with Crippen LogP contribution in [0.5, 0.6) is 0 Å². The number of amides is 1. The Morgan fingerprint density at radius 2 is 2.05 bits per heavy atom. The number of likely N-dealkylation sites (N-methyl/N-ethyl adjacent to an activating group) is 1. The van der Waals surface area contributed by atoms with Crippen molar-refractivity contribution in [2.75, 3.05) is 13.6 Å². The number of hydrogen-bond acceptors (Lipinski definition) is 3. The largest absolute Gasteiger partial charge is 0.481 e. The van der Waals surface area contributed by atoms with E-state index in [9.17, 15) is 9.59 Å². The number of rotatable bonds is 6. The molecule has 19 heavy (non-hydrogen) atoms. The van der Waals surface area contributed by atoms with Gasteiger partial charge in [-0.05, 0) is 12.1 Å². The number of carboxylic acid groups (broad SMARTS) is 1. The molecule has 0 aromatic carbocycles. The van der Waals surface area contributed by atoms with Gasteiger partial charge in [0, 0.05) is 31.9 Å². The fraction of sp³-hybridized carbons (Fsp3) is 0.500. The lowest BCUT2D eigenvalue weighted by atomic mass is 9.87. The number of pyridine rings is 1. The van der Waals surface area contributed by atoms with Gasteiger partial charge in [-0.1, -0.05) is 19.9 Å². The number of carboxylic acids is 1. The summed E-state index contributed by atoms with van der Waals surface area (Å²) < 4.78 is 0. The number of aliphatic carboxylic acids is 1. The molecule has 0 fully saturated rings. The van der Waals surface area contributed by atoms with Gasteiger partial charge in [0.2, 0.25) is 5.91 Å². The lowest BCUT2D eigenvalue weighted by Gasteiger charge is -2.28. The molecule has 0 bridgehead atoms. The SMILES string of the molecule is CN(CCc1ccccn1)C(=O)C(C)(C)CC(=O)O. The van der Waals surface area contributed by atoms with Crippen molar-refractivity contribution in [2.45, 2.75) is 26.7 Å². The van der Waals surface area contributed by atoms with Crippen LogP contribution < -0.4 is 0 Å². The molecule has 0 radical (unpaired) electrons. The number of aromatic nitrogens is 1. The lowest BCUT2D eigenvalue weighted by molar-refractivity contribution is -0.148. The summed E-state index contributed by atoms with van der Waals surface area (Å²) in [6.45, 7) is 3.83. The molecule has 5 nitrogen and oxygen atoms in total. The first kappa shape index (κ1) is 15.1. The summed E-state index contributed by atoms with van der Waals surface area (Å²) in [7, 11) is 1.69. The van der Waals surface area contributed by atoms with Gasteiger partial charge in [-0.25, -0.2) is 0 Å². The molecule has 1 rings (SSSR count). The maximum Gasteiger partial charge on any atom is 0.304 e. The lowest BCUT2D eigenvalue weighted by Crippen LogP contribution is -2.40. The summed E-state index contributed by atoms with van der Waals surface area (Å²) in [6, 6.07) is 5.65. The van der Waals surface area contributed by atoms with Crippen LogP contribution in [0.15, 0.2) is 24.4 Å². The van der Waals surface area contributed by atoms with E-state index in [1.54, 1.807) is 32.0 Å². The Morgan fingerprint density at radius 3 is 2.58 bits per heavy atom. The summed E-state index contributed by atoms with van der Waals surface area (Å²) in [4.78, 5) is 28.7. The highest BCUT2D eigenvalue weighted by Gasteiger charge is 2.32. The van der Waals surface area contributed by atoms with Gasteiger partial charge in [-0.2, -0.15) is 0 Å². The molecular formula is C14H20N2O3. The Kier molecular flexibility index (Phi) is 5.03. The van der Waals surface area contributed by atoms with Gasteiger partial charge in [-0.3, -0.25) is 14.6 Å². The Hall–Kier alpha value is -1.91. The van der Waals surface area contributed by atoms with Gasteiger partial charge in [0.25, 0.3) is 0 Å². The highest BCUT2D eigenvalue weighted by atomic mass is 16.4. The van der Waals surface area contributed by atoms with E-state index in [1.807, 2.05) is 18.2 Å². The minimum Gasteiger partial charge on any atom is -0.481 e. The van der Waals surface area contributed by atoms with E-state index in [2.05, 4.69) is 4.98 Å². The molecule has 1 heterocycles. The second-order valence-corrected chi connectivity index (χ2v) is 5.25. The number of nitrogens with zero attached hydrogens (tertiary/aromatic N) is 2. The van der Waals surface area contributed by atoms with Crippen LogP contribution in [0.2, 0.25) is 0 Å². The monoisotopic (exact) mass is 264 g/mol. The van der Waals surface area contributed by atoms with Gasteiger partial charge in [0.1, 0.15) is 0 Å². The molecule has 5 heteroatoms. The zero-order chi connectivity index (χ0) is 14.5. The van der Waals surface area contributed by atoms with Crippen molar-refractivity contribution < 1.29 is 14.7 Å². The molecule has 0 atom stereocenters. The zero-order valence-electron chi connectivity index (χ0n) is 11.6. The second kappa shape index (κ2) is 6.31. The van der Waals surface area contributed by atoms with Gasteiger partial charge in [0.05, 0.1) is 11.8 Å². The topological polar surface area (TPSA) is 70.5 Å². The minimum atomic E-state index is -0.962. The maximum atomic E-state index is 12.2. The Bertz CT molecular complexity index is 443. The van der Waals surface area contributed by atoms with Crippen molar-refractivity contribution in [2.24, 2.45) is 5.41 Å². The van der Waals surface area contributed by atoms with Crippen LogP contribution in [0.25, 0.3) is 0 Å². The van der Waals surface area contributed by atoms with Crippen LogP contribution in [-0.2, 0) is 16.0 Å². The van der Waals surface area contributed by atoms with E-state index in [-0.39, 0.29) is 12.3 Å². The third-order valence-corrected chi connectivity index (χ3v) is 2.95. The highest BCUT2D eigenvalue weighted by Crippen LogP contribution is 2.23.